The smallest absolute Gasteiger partial charge is 0.260 e. The topological polar surface area (TPSA) is 45.8 Å². The Hall–Kier alpha value is -3.50. The Kier molecular flexibility index (Phi) is 5.47. The number of hydrogen-bond acceptors (Lipinski definition) is 3. The first-order valence-corrected chi connectivity index (χ1v) is 12.0. The lowest BCUT2D eigenvalue weighted by molar-refractivity contribution is 0.590. The van der Waals surface area contributed by atoms with Crippen LogP contribution in [0.2, 0.25) is 0 Å². The van der Waals surface area contributed by atoms with Crippen LogP contribution in [0.1, 0.15) is 49.2 Å². The minimum atomic E-state index is -0.138. The van der Waals surface area contributed by atoms with Gasteiger partial charge in [0.05, 0.1) is 11.3 Å². The molecular formula is C29H26N2OS. The van der Waals surface area contributed by atoms with E-state index in [9.17, 15) is 4.79 Å². The lowest BCUT2D eigenvalue weighted by Gasteiger charge is -2.19. The van der Waals surface area contributed by atoms with E-state index in [0.717, 1.165) is 27.1 Å². The molecule has 5 rings (SSSR count). The number of H-pyrrole nitrogens is 1. The van der Waals surface area contributed by atoms with Crippen LogP contribution < -0.4 is 5.56 Å². The quantitative estimate of drug-likeness (QED) is 0.317. The fourth-order valence-electron chi connectivity index (χ4n) is 4.26. The third kappa shape index (κ3) is 4.14. The van der Waals surface area contributed by atoms with E-state index in [1.165, 1.54) is 16.9 Å². The zero-order valence-corrected chi connectivity index (χ0v) is 19.8. The molecule has 5 aromatic rings. The van der Waals surface area contributed by atoms with Crippen molar-refractivity contribution in [3.8, 4) is 11.1 Å². The van der Waals surface area contributed by atoms with Crippen molar-refractivity contribution in [3.05, 3.63) is 123 Å². The summed E-state index contributed by atoms with van der Waals surface area (Å²) in [7, 11) is 0. The molecule has 0 bridgehead atoms. The van der Waals surface area contributed by atoms with Gasteiger partial charge in [-0.2, -0.15) is 0 Å². The van der Waals surface area contributed by atoms with E-state index in [1.807, 2.05) is 41.8 Å². The molecule has 0 atom stereocenters. The van der Waals surface area contributed by atoms with Gasteiger partial charge in [0.2, 0.25) is 0 Å². The number of nitrogens with zero attached hydrogens (tertiary/aromatic N) is 1. The summed E-state index contributed by atoms with van der Waals surface area (Å²) in [5, 5.41) is 2.70. The highest BCUT2D eigenvalue weighted by atomic mass is 32.1. The molecule has 3 aromatic carbocycles. The summed E-state index contributed by atoms with van der Waals surface area (Å²) < 4.78 is 0. The summed E-state index contributed by atoms with van der Waals surface area (Å²) in [5.41, 5.74) is 5.44. The van der Waals surface area contributed by atoms with E-state index < -0.39 is 0 Å². The first-order chi connectivity index (χ1) is 15.9. The van der Waals surface area contributed by atoms with Gasteiger partial charge in [-0.05, 0) is 27.7 Å². The summed E-state index contributed by atoms with van der Waals surface area (Å²) in [6.45, 7) is 6.61. The monoisotopic (exact) mass is 450 g/mol. The lowest BCUT2D eigenvalue weighted by atomic mass is 9.86. The van der Waals surface area contributed by atoms with Crippen LogP contribution in [0, 0.1) is 0 Å². The average molecular weight is 451 g/mol. The van der Waals surface area contributed by atoms with Gasteiger partial charge in [-0.15, -0.1) is 11.3 Å². The van der Waals surface area contributed by atoms with Gasteiger partial charge in [-0.25, -0.2) is 4.98 Å². The number of thiophene rings is 1. The highest BCUT2D eigenvalue weighted by Gasteiger charge is 2.22. The van der Waals surface area contributed by atoms with E-state index in [0.29, 0.717) is 11.2 Å². The van der Waals surface area contributed by atoms with E-state index in [4.69, 9.17) is 4.98 Å². The highest BCUT2D eigenvalue weighted by Crippen LogP contribution is 2.35. The van der Waals surface area contributed by atoms with Crippen molar-refractivity contribution in [1.29, 1.82) is 0 Å². The maximum atomic E-state index is 13.4. The van der Waals surface area contributed by atoms with Gasteiger partial charge in [0.25, 0.3) is 5.56 Å². The molecule has 2 heterocycles. The van der Waals surface area contributed by atoms with Crippen LogP contribution in [0.3, 0.4) is 0 Å². The van der Waals surface area contributed by atoms with Crippen molar-refractivity contribution >= 4 is 21.6 Å². The number of aromatic nitrogens is 2. The summed E-state index contributed by atoms with van der Waals surface area (Å²) in [6.07, 6.45) is 0. The number of benzene rings is 3. The Morgan fingerprint density at radius 2 is 1.39 bits per heavy atom. The maximum absolute atomic E-state index is 13.4. The number of rotatable bonds is 4. The predicted octanol–water partition coefficient (Wildman–Crippen LogP) is 7.13. The Morgan fingerprint density at radius 1 is 0.818 bits per heavy atom. The fraction of sp³-hybridized carbons (Fsp3) is 0.172. The molecule has 0 aliphatic heterocycles. The zero-order valence-electron chi connectivity index (χ0n) is 19.0. The molecule has 0 amide bonds. The SMILES string of the molecule is CC(C)(C)c1ccc(-c2csc3nc(C(c4ccccc4)c4ccccc4)[nH]c(=O)c23)cc1. The standard InChI is InChI=1S/C29H26N2OS/c1-29(2,3)22-16-14-19(15-17-22)23-18-33-28-25(23)27(32)30-26(31-28)24(20-10-6-4-7-11-20)21-12-8-5-9-13-21/h4-18,24H,1-3H3,(H,30,31,32). The van der Waals surface area contributed by atoms with Crippen LogP contribution in [0.25, 0.3) is 21.3 Å². The third-order valence-corrected chi connectivity index (χ3v) is 6.94. The molecule has 0 spiro atoms. The van der Waals surface area contributed by atoms with E-state index in [2.05, 4.69) is 74.3 Å². The molecule has 0 radical (unpaired) electrons. The minimum absolute atomic E-state index is 0.0903. The average Bonchev–Trinajstić information content (AvgIpc) is 3.25. The molecule has 0 saturated heterocycles. The van der Waals surface area contributed by atoms with Gasteiger partial charge in [-0.3, -0.25) is 4.79 Å². The minimum Gasteiger partial charge on any atom is -0.309 e. The highest BCUT2D eigenvalue weighted by molar-refractivity contribution is 7.17. The van der Waals surface area contributed by atoms with Crippen LogP contribution in [-0.2, 0) is 5.41 Å². The predicted molar refractivity (Wildman–Crippen MR) is 138 cm³/mol. The summed E-state index contributed by atoms with van der Waals surface area (Å²) >= 11 is 1.52. The molecule has 0 fully saturated rings. The molecule has 0 saturated carbocycles. The van der Waals surface area contributed by atoms with Gasteiger partial charge in [0.1, 0.15) is 10.7 Å². The molecule has 164 valence electrons. The number of aromatic amines is 1. The Morgan fingerprint density at radius 3 is 1.94 bits per heavy atom. The van der Waals surface area contributed by atoms with Crippen LogP contribution in [-0.4, -0.2) is 9.97 Å². The molecule has 0 aliphatic rings. The second-order valence-corrected chi connectivity index (χ2v) is 10.2. The normalized spacial score (nSPS) is 11.9. The largest absolute Gasteiger partial charge is 0.309 e. The summed E-state index contributed by atoms with van der Waals surface area (Å²) in [6, 6.07) is 28.9. The summed E-state index contributed by atoms with van der Waals surface area (Å²) in [4.78, 5) is 22.2. The van der Waals surface area contributed by atoms with Crippen LogP contribution in [0.5, 0.6) is 0 Å². The van der Waals surface area contributed by atoms with Gasteiger partial charge in [0.15, 0.2) is 0 Å². The first kappa shape index (κ1) is 21.4. The van der Waals surface area contributed by atoms with Crippen LogP contribution in [0.15, 0.2) is 95.1 Å². The molecule has 3 nitrogen and oxygen atoms in total. The van der Waals surface area contributed by atoms with Gasteiger partial charge >= 0.3 is 0 Å². The zero-order chi connectivity index (χ0) is 23.0. The third-order valence-electron chi connectivity index (χ3n) is 6.06. The number of hydrogen-bond donors (Lipinski definition) is 1. The van der Waals surface area contributed by atoms with Crippen molar-refractivity contribution < 1.29 is 0 Å². The Bertz CT molecular complexity index is 1400. The van der Waals surface area contributed by atoms with Gasteiger partial charge < -0.3 is 4.98 Å². The van der Waals surface area contributed by atoms with Crippen molar-refractivity contribution in [2.75, 3.05) is 0 Å². The van der Waals surface area contributed by atoms with Crippen molar-refractivity contribution in [1.82, 2.24) is 9.97 Å². The van der Waals surface area contributed by atoms with Crippen LogP contribution >= 0.6 is 11.3 Å². The molecule has 0 aliphatic carbocycles. The maximum Gasteiger partial charge on any atom is 0.260 e. The molecule has 1 N–H and O–H groups in total. The summed E-state index contributed by atoms with van der Waals surface area (Å²) in [5.74, 6) is 0.530. The van der Waals surface area contributed by atoms with E-state index in [1.54, 1.807) is 0 Å². The number of nitrogens with one attached hydrogen (secondary N) is 1. The second kappa shape index (κ2) is 8.45. The fourth-order valence-corrected chi connectivity index (χ4v) is 5.22. The molecule has 33 heavy (non-hydrogen) atoms. The lowest BCUT2D eigenvalue weighted by Crippen LogP contribution is -2.16. The molecule has 4 heteroatoms. The van der Waals surface area contributed by atoms with Crippen LogP contribution in [0.4, 0.5) is 0 Å². The van der Waals surface area contributed by atoms with E-state index >= 15 is 0 Å². The Balaban J connectivity index is 1.62. The first-order valence-electron chi connectivity index (χ1n) is 11.1. The Labute approximate surface area is 197 Å². The van der Waals surface area contributed by atoms with Crippen molar-refractivity contribution in [2.24, 2.45) is 0 Å². The second-order valence-electron chi connectivity index (χ2n) is 9.36. The van der Waals surface area contributed by atoms with Crippen molar-refractivity contribution in [2.45, 2.75) is 32.1 Å². The molecular weight excluding hydrogens is 424 g/mol. The molecule has 2 aromatic heterocycles. The van der Waals surface area contributed by atoms with Gasteiger partial charge in [-0.1, -0.05) is 106 Å². The van der Waals surface area contributed by atoms with Gasteiger partial charge in [0, 0.05) is 10.9 Å². The molecule has 0 unspecified atom stereocenters. The van der Waals surface area contributed by atoms with Crippen molar-refractivity contribution in [3.63, 3.8) is 0 Å². The van der Waals surface area contributed by atoms with E-state index in [-0.39, 0.29) is 16.9 Å². The number of fused-ring (bicyclic) bond motifs is 1.